The van der Waals surface area contributed by atoms with Crippen LogP contribution in [0.3, 0.4) is 0 Å². The van der Waals surface area contributed by atoms with Gasteiger partial charge in [-0.3, -0.25) is 48.1 Å². The van der Waals surface area contributed by atoms with Gasteiger partial charge in [-0.15, -0.1) is 56.7 Å². The number of morpholine rings is 2. The molecule has 4 amide bonds. The van der Waals surface area contributed by atoms with Gasteiger partial charge in [0.1, 0.15) is 23.5 Å². The summed E-state index contributed by atoms with van der Waals surface area (Å²) in [5.41, 5.74) is 13.1. The molecule has 11 aromatic heterocycles. The number of carbonyl (C=O) groups excluding carboxylic acids is 5. The number of esters is 1. The van der Waals surface area contributed by atoms with Crippen molar-refractivity contribution in [2.75, 3.05) is 172 Å². The minimum Gasteiger partial charge on any atom is -0.465 e. The molecule has 0 unspecified atom stereocenters. The maximum Gasteiger partial charge on any atom is 0.337 e. The SMILES string of the molecule is CN(C)c1ccc(C(=O)Nc2cccc(-c3csc4c(=O)cc(N5CCCCC5)oc34)c2)cc1.COC(=O)c1cccc(-c2csc3c(=O)cc(N4CCCCC4)oc23)c1.O=C(Nc1cccc(-c2csc3c(=O)cc(N4CCCCC4)oc23)c1)c1ccncc1.O=C(Nc1ccccc1)c1csc2c(=O)cc(N3CCCCC3)oc12.O=C(c1csc2c(=O)cc(N3CCOCC3)oc12)N1CCOCC1. The van der Waals surface area contributed by atoms with Gasteiger partial charge in [0.25, 0.3) is 23.6 Å². The Balaban J connectivity index is 0.000000117. The Morgan fingerprint density at radius 3 is 1.09 bits per heavy atom. The number of methoxy groups -OCH3 is 1. The number of anilines is 9. The van der Waals surface area contributed by atoms with E-state index in [4.69, 9.17) is 36.3 Å². The van der Waals surface area contributed by atoms with Crippen LogP contribution in [-0.2, 0) is 14.2 Å². The Kier molecular flexibility index (Phi) is 30.7. The van der Waals surface area contributed by atoms with Crippen molar-refractivity contribution in [2.45, 2.75) is 77.0 Å². The minimum absolute atomic E-state index is 0.0105. The molecule has 6 fully saturated rings. The van der Waals surface area contributed by atoms with E-state index in [0.717, 1.165) is 143 Å². The number of aromatic nitrogens is 1. The largest absolute Gasteiger partial charge is 0.465 e. The third kappa shape index (κ3) is 22.4. The van der Waals surface area contributed by atoms with E-state index >= 15 is 0 Å². The number of carbonyl (C=O) groups is 5. The molecule has 16 aromatic rings. The number of para-hydroxylation sites is 1. The molecular weight excluding hydrogens is 1880 g/mol. The van der Waals surface area contributed by atoms with Gasteiger partial charge in [-0.1, -0.05) is 54.6 Å². The standard InChI is InChI=1S/C27H27N3O3S.C24H21N3O3S.C20H19NO4S.C19H18N2O3S.C16H18N2O5S/c1-29(2)21-11-9-18(10-12-21)27(32)28-20-8-6-7-19(15-20)22-17-34-26-23(31)16-24(33-25(22)26)30-13-4-3-5-14-30;28-20-14-21(27-11-2-1-3-12-27)30-22-19(15-31-23(20)22)17-5-4-6-18(13-17)26-24(29)16-7-9-25-10-8-16;1-24-20(23)14-7-5-6-13(10-14)15-12-26-19-16(22)11-17(25-18(15)19)21-8-3-2-4-9-21;22-15-11-16(21-9-5-2-6-10-21)24-17-14(12-25-18(15)17)19(23)20-13-7-3-1-4-8-13;19-12-9-13(17-1-5-21-6-2-17)23-14-11(10-24-15(12)14)16(20)18-3-7-22-8-4-18/h6-12,15-17H,3-5,13-14H2,1-2H3,(H,28,32);4-10,13-15H,1-3,11-12H2,(H,26,29);5-7,10-12H,2-4,8-9H2,1H3;1,3-4,7-8,11-12H,2,5-6,9-10H2,(H,20,23);9-10H,1-8H2. The van der Waals surface area contributed by atoms with E-state index in [-0.39, 0.29) is 56.7 Å². The van der Waals surface area contributed by atoms with E-state index in [9.17, 15) is 47.9 Å². The van der Waals surface area contributed by atoms with Gasteiger partial charge in [0, 0.05) is 213 Å². The molecule has 29 nitrogen and oxygen atoms in total. The van der Waals surface area contributed by atoms with Crippen molar-refractivity contribution >= 4 is 190 Å². The zero-order chi connectivity index (χ0) is 96.7. The van der Waals surface area contributed by atoms with Crippen LogP contribution in [0, 0.1) is 0 Å². The predicted octanol–water partition coefficient (Wildman–Crippen LogP) is 20.5. The van der Waals surface area contributed by atoms with Crippen molar-refractivity contribution in [3.05, 3.63) is 288 Å². The molecule has 34 heteroatoms. The molecule has 0 atom stereocenters. The highest BCUT2D eigenvalue weighted by Crippen LogP contribution is 2.41. The first-order valence-corrected chi connectivity index (χ1v) is 51.2. The highest BCUT2D eigenvalue weighted by atomic mass is 32.1. The molecule has 6 saturated heterocycles. The first kappa shape index (κ1) is 96.2. The van der Waals surface area contributed by atoms with E-state index in [2.05, 4.69) is 40.5 Å². The highest BCUT2D eigenvalue weighted by Gasteiger charge is 2.30. The second kappa shape index (κ2) is 44.8. The number of piperidine rings is 4. The smallest absolute Gasteiger partial charge is 0.337 e. The summed E-state index contributed by atoms with van der Waals surface area (Å²) < 4.78 is 48.8. The zero-order valence-corrected chi connectivity index (χ0v) is 81.6. The summed E-state index contributed by atoms with van der Waals surface area (Å²) in [5.74, 6) is 1.84. The van der Waals surface area contributed by atoms with Gasteiger partial charge in [-0.2, -0.15) is 0 Å². The maximum absolute atomic E-state index is 12.8. The summed E-state index contributed by atoms with van der Waals surface area (Å²) in [5, 5.41) is 18.0. The average molecular weight is 1980 g/mol. The number of fused-ring (bicyclic) bond motifs is 5. The number of nitrogens with zero attached hydrogens (tertiary/aromatic N) is 8. The lowest BCUT2D eigenvalue weighted by Crippen LogP contribution is -2.40. The molecule has 22 rings (SSSR count). The van der Waals surface area contributed by atoms with Crippen LogP contribution in [0.2, 0.25) is 0 Å². The number of rotatable bonds is 17. The molecule has 5 aromatic carbocycles. The highest BCUT2D eigenvalue weighted by molar-refractivity contribution is 7.19. The first-order chi connectivity index (χ1) is 68.3. The van der Waals surface area contributed by atoms with Crippen LogP contribution in [0.15, 0.2) is 255 Å². The molecule has 0 bridgehead atoms. The van der Waals surface area contributed by atoms with Crippen LogP contribution in [0.4, 0.5) is 52.2 Å². The van der Waals surface area contributed by atoms with Crippen molar-refractivity contribution in [3.8, 4) is 33.4 Å². The third-order valence-electron chi connectivity index (χ3n) is 25.0. The molecule has 6 aliphatic rings. The lowest BCUT2D eigenvalue weighted by Gasteiger charge is -2.27. The number of ether oxygens (including phenoxy) is 3. The van der Waals surface area contributed by atoms with Gasteiger partial charge in [0.2, 0.25) is 27.1 Å². The molecule has 0 saturated carbocycles. The number of hydrogen-bond acceptors (Lipinski definition) is 30. The fourth-order valence-corrected chi connectivity index (χ4v) is 22.0. The van der Waals surface area contributed by atoms with E-state index in [1.54, 1.807) is 82.7 Å². The number of nitrogens with one attached hydrogen (secondary N) is 3. The zero-order valence-electron chi connectivity index (χ0n) is 77.5. The number of pyridine rings is 1. The van der Waals surface area contributed by atoms with E-state index < -0.39 is 0 Å². The minimum atomic E-state index is -0.387. The predicted molar refractivity (Wildman–Crippen MR) is 559 cm³/mol. The Morgan fingerprint density at radius 1 is 0.336 bits per heavy atom. The molecule has 17 heterocycles. The Bertz CT molecular complexity index is 7470. The summed E-state index contributed by atoms with van der Waals surface area (Å²) in [6.45, 7) is 11.9. The van der Waals surface area contributed by atoms with E-state index in [1.807, 2.05) is 149 Å². The Morgan fingerprint density at radius 2 is 0.679 bits per heavy atom. The normalized spacial score (nSPS) is 15.0. The van der Waals surface area contributed by atoms with Crippen molar-refractivity contribution in [3.63, 3.8) is 0 Å². The van der Waals surface area contributed by atoms with E-state index in [0.29, 0.717) is 178 Å². The topological polar surface area (TPSA) is 336 Å². The van der Waals surface area contributed by atoms with Crippen LogP contribution < -0.4 is 72.5 Å². The average Bonchev–Trinajstić information content (AvgIpc) is 1.62. The first-order valence-electron chi connectivity index (χ1n) is 46.8. The molecular formula is C106H103N11O18S5. The van der Waals surface area contributed by atoms with Gasteiger partial charge in [-0.05, 0) is 179 Å². The van der Waals surface area contributed by atoms with Gasteiger partial charge in [0.15, 0.2) is 57.3 Å². The lowest BCUT2D eigenvalue weighted by atomic mass is 10.1. The molecule has 3 N–H and O–H groups in total. The molecule has 0 radical (unpaired) electrons. The number of amides is 4. The summed E-state index contributed by atoms with van der Waals surface area (Å²) in [7, 11) is 5.29. The second-order valence-electron chi connectivity index (χ2n) is 34.6. The molecule has 0 aliphatic carbocycles. The Hall–Kier alpha value is -14.1. The van der Waals surface area contributed by atoms with Gasteiger partial charge in [-0.25, -0.2) is 4.79 Å². The van der Waals surface area contributed by atoms with Crippen LogP contribution >= 0.6 is 56.7 Å². The van der Waals surface area contributed by atoms with Crippen molar-refractivity contribution < 1.29 is 60.3 Å². The van der Waals surface area contributed by atoms with Gasteiger partial charge < -0.3 is 86.5 Å². The summed E-state index contributed by atoms with van der Waals surface area (Å²) in [4.78, 5) is 144. The molecule has 720 valence electrons. The summed E-state index contributed by atoms with van der Waals surface area (Å²) >= 11 is 6.66. The molecule has 0 spiro atoms. The number of hydrogen-bond donors (Lipinski definition) is 3. The van der Waals surface area contributed by atoms with Crippen molar-refractivity contribution in [1.29, 1.82) is 0 Å². The number of thiophene rings is 5. The molecule has 140 heavy (non-hydrogen) atoms. The Labute approximate surface area is 824 Å². The van der Waals surface area contributed by atoms with Crippen LogP contribution in [0.25, 0.3) is 84.8 Å². The second-order valence-corrected chi connectivity index (χ2v) is 39.0. The summed E-state index contributed by atoms with van der Waals surface area (Å²) in [6.07, 6.45) is 16.9. The summed E-state index contributed by atoms with van der Waals surface area (Å²) in [6, 6.07) is 50.3. The fourth-order valence-electron chi connectivity index (χ4n) is 17.5. The maximum atomic E-state index is 12.8. The third-order valence-corrected chi connectivity index (χ3v) is 29.9. The van der Waals surface area contributed by atoms with Crippen LogP contribution in [0.5, 0.6) is 0 Å². The number of benzene rings is 5. The lowest BCUT2D eigenvalue weighted by molar-refractivity contribution is 0.0303. The van der Waals surface area contributed by atoms with Crippen molar-refractivity contribution in [2.24, 2.45) is 0 Å². The quantitative estimate of drug-likeness (QED) is 0.0713. The van der Waals surface area contributed by atoms with Crippen LogP contribution in [0.1, 0.15) is 129 Å². The fraction of sp³-hybridized carbons (Fsp3) is 0.292. The van der Waals surface area contributed by atoms with Crippen molar-refractivity contribution in [1.82, 2.24) is 9.88 Å². The monoisotopic (exact) mass is 1980 g/mol. The van der Waals surface area contributed by atoms with Crippen LogP contribution in [-0.4, -0.2) is 166 Å². The van der Waals surface area contributed by atoms with E-state index in [1.165, 1.54) is 95.5 Å². The van der Waals surface area contributed by atoms with Gasteiger partial charge >= 0.3 is 5.97 Å². The van der Waals surface area contributed by atoms with Gasteiger partial charge in [0.05, 0.1) is 50.2 Å². The molecule has 6 aliphatic heterocycles.